The molecule has 38 heavy (non-hydrogen) atoms. The molecule has 194 valence electrons. The summed E-state index contributed by atoms with van der Waals surface area (Å²) in [7, 11) is 1.38. The summed E-state index contributed by atoms with van der Waals surface area (Å²) in [6.07, 6.45) is 0.833. The number of aromatic hydroxyl groups is 1. The Morgan fingerprint density at radius 3 is 2.58 bits per heavy atom. The van der Waals surface area contributed by atoms with Crippen molar-refractivity contribution in [3.8, 4) is 17.2 Å². The molecule has 1 unspecified atom stereocenters. The van der Waals surface area contributed by atoms with E-state index in [-0.39, 0.29) is 28.0 Å². The lowest BCUT2D eigenvalue weighted by molar-refractivity contribution is -0.132. The minimum atomic E-state index is -1.09. The molecule has 0 radical (unpaired) electrons. The number of carbonyl (C=O) groups is 2. The number of methoxy groups -OCH3 is 1. The van der Waals surface area contributed by atoms with Crippen LogP contribution in [-0.4, -0.2) is 40.6 Å². The molecule has 1 aliphatic heterocycles. The van der Waals surface area contributed by atoms with Gasteiger partial charge in [0.05, 0.1) is 35.5 Å². The van der Waals surface area contributed by atoms with Crippen LogP contribution in [0, 0.1) is 5.82 Å². The number of ether oxygens (including phenoxy) is 2. The summed E-state index contributed by atoms with van der Waals surface area (Å²) in [5.41, 5.74) is 1.01. The fraction of sp³-hybridized carbons (Fsp3) is 0.179. The highest BCUT2D eigenvalue weighted by Gasteiger charge is 2.48. The van der Waals surface area contributed by atoms with E-state index >= 15 is 0 Å². The van der Waals surface area contributed by atoms with Gasteiger partial charge in [-0.2, -0.15) is 0 Å². The molecular formula is C28H23FN2O6S. The molecule has 2 N–H and O–H groups in total. The second-order valence-corrected chi connectivity index (χ2v) is 9.59. The van der Waals surface area contributed by atoms with Crippen LogP contribution in [0.4, 0.5) is 9.52 Å². The van der Waals surface area contributed by atoms with Gasteiger partial charge >= 0.3 is 5.91 Å². The number of carbonyl (C=O) groups excluding carboxylic acids is 2. The maximum atomic E-state index is 13.8. The number of phenols is 1. The number of aliphatic hydroxyl groups is 1. The average molecular weight is 535 g/mol. The molecule has 5 rings (SSSR count). The summed E-state index contributed by atoms with van der Waals surface area (Å²) in [5, 5.41) is 21.6. The van der Waals surface area contributed by atoms with E-state index in [0.717, 1.165) is 17.8 Å². The summed E-state index contributed by atoms with van der Waals surface area (Å²) in [4.78, 5) is 32.4. The van der Waals surface area contributed by atoms with E-state index in [1.54, 1.807) is 24.3 Å². The number of ketones is 1. The Bertz CT molecular complexity index is 1580. The smallest absolute Gasteiger partial charge is 0.301 e. The Morgan fingerprint density at radius 2 is 1.87 bits per heavy atom. The Balaban J connectivity index is 1.68. The van der Waals surface area contributed by atoms with Crippen molar-refractivity contribution in [3.63, 3.8) is 0 Å². The van der Waals surface area contributed by atoms with Crippen LogP contribution in [0.1, 0.15) is 30.5 Å². The second kappa shape index (κ2) is 10.1. The Labute approximate surface area is 221 Å². The van der Waals surface area contributed by atoms with Gasteiger partial charge in [-0.05, 0) is 66.6 Å². The minimum absolute atomic E-state index is 0.122. The molecule has 4 aromatic rings. The highest BCUT2D eigenvalue weighted by molar-refractivity contribution is 7.22. The maximum absolute atomic E-state index is 13.8. The molecule has 1 fully saturated rings. The van der Waals surface area contributed by atoms with Gasteiger partial charge in [-0.15, -0.1) is 0 Å². The summed E-state index contributed by atoms with van der Waals surface area (Å²) >= 11 is 1.05. The molecule has 1 saturated heterocycles. The summed E-state index contributed by atoms with van der Waals surface area (Å²) in [6.45, 7) is 2.52. The number of rotatable bonds is 7. The fourth-order valence-electron chi connectivity index (χ4n) is 4.28. The third-order valence-corrected chi connectivity index (χ3v) is 7.13. The largest absolute Gasteiger partial charge is 0.507 e. The summed E-state index contributed by atoms with van der Waals surface area (Å²) in [5.74, 6) is -2.05. The number of thiazole rings is 1. The molecule has 0 spiro atoms. The number of halogens is 1. The van der Waals surface area contributed by atoms with Crippen LogP contribution in [0.25, 0.3) is 16.0 Å². The van der Waals surface area contributed by atoms with Crippen molar-refractivity contribution >= 4 is 44.1 Å². The van der Waals surface area contributed by atoms with E-state index in [0.29, 0.717) is 33.7 Å². The first-order valence-electron chi connectivity index (χ1n) is 11.8. The van der Waals surface area contributed by atoms with Crippen molar-refractivity contribution in [1.29, 1.82) is 0 Å². The standard InChI is InChI=1S/C28H23FN2O6S/c1-3-12-37-18-8-4-15(5-9-18)25(33)23-24(16-6-11-20(32)21(13-16)36-2)31(27(35)26(23)34)28-30-19-10-7-17(29)14-22(19)38-28/h4-11,13-14,24,32-33H,3,12H2,1-2H3. The average Bonchev–Trinajstić information content (AvgIpc) is 3.45. The van der Waals surface area contributed by atoms with E-state index in [4.69, 9.17) is 9.47 Å². The molecule has 0 saturated carbocycles. The molecule has 1 amide bonds. The lowest BCUT2D eigenvalue weighted by Crippen LogP contribution is -2.29. The van der Waals surface area contributed by atoms with Gasteiger partial charge in [0.25, 0.3) is 5.78 Å². The molecule has 1 aliphatic rings. The Hall–Kier alpha value is -4.44. The Morgan fingerprint density at radius 1 is 1.11 bits per heavy atom. The van der Waals surface area contributed by atoms with E-state index in [9.17, 15) is 24.2 Å². The maximum Gasteiger partial charge on any atom is 0.301 e. The van der Waals surface area contributed by atoms with Gasteiger partial charge in [-0.25, -0.2) is 9.37 Å². The number of aromatic nitrogens is 1. The van der Waals surface area contributed by atoms with E-state index in [1.165, 1.54) is 48.4 Å². The fourth-order valence-corrected chi connectivity index (χ4v) is 5.30. The van der Waals surface area contributed by atoms with Gasteiger partial charge in [0.15, 0.2) is 16.6 Å². The van der Waals surface area contributed by atoms with Crippen molar-refractivity contribution in [2.24, 2.45) is 0 Å². The molecule has 8 nitrogen and oxygen atoms in total. The highest BCUT2D eigenvalue weighted by Crippen LogP contribution is 2.45. The molecule has 0 aliphatic carbocycles. The third-order valence-electron chi connectivity index (χ3n) is 6.11. The van der Waals surface area contributed by atoms with Crippen molar-refractivity contribution in [2.45, 2.75) is 19.4 Å². The number of anilines is 1. The van der Waals surface area contributed by atoms with Crippen molar-refractivity contribution in [3.05, 3.63) is 83.2 Å². The molecule has 10 heteroatoms. The zero-order valence-electron chi connectivity index (χ0n) is 20.5. The first-order chi connectivity index (χ1) is 18.3. The predicted molar refractivity (Wildman–Crippen MR) is 141 cm³/mol. The van der Waals surface area contributed by atoms with E-state index in [2.05, 4.69) is 4.98 Å². The normalized spacial score (nSPS) is 16.8. The van der Waals surface area contributed by atoms with Gasteiger partial charge in [0.2, 0.25) is 0 Å². The van der Waals surface area contributed by atoms with Crippen LogP contribution in [-0.2, 0) is 9.59 Å². The number of Topliss-reactive ketones (excluding diaryl/α,β-unsaturated/α-hetero) is 1. The van der Waals surface area contributed by atoms with Crippen LogP contribution in [0.3, 0.4) is 0 Å². The number of fused-ring (bicyclic) bond motifs is 1. The Kier molecular flexibility index (Phi) is 6.73. The first kappa shape index (κ1) is 25.2. The van der Waals surface area contributed by atoms with Crippen LogP contribution < -0.4 is 14.4 Å². The van der Waals surface area contributed by atoms with Crippen LogP contribution in [0.2, 0.25) is 0 Å². The molecule has 1 aromatic heterocycles. The molecule has 0 bridgehead atoms. The minimum Gasteiger partial charge on any atom is -0.507 e. The number of hydrogen-bond donors (Lipinski definition) is 2. The van der Waals surface area contributed by atoms with Gasteiger partial charge < -0.3 is 19.7 Å². The van der Waals surface area contributed by atoms with Gasteiger partial charge in [0, 0.05) is 5.56 Å². The summed E-state index contributed by atoms with van der Waals surface area (Å²) in [6, 6.07) is 13.9. The zero-order valence-corrected chi connectivity index (χ0v) is 21.3. The van der Waals surface area contributed by atoms with Crippen LogP contribution in [0.5, 0.6) is 17.2 Å². The quantitative estimate of drug-likeness (QED) is 0.181. The van der Waals surface area contributed by atoms with Crippen LogP contribution in [0.15, 0.2) is 66.2 Å². The first-order valence-corrected chi connectivity index (χ1v) is 12.6. The predicted octanol–water partition coefficient (Wildman–Crippen LogP) is 5.56. The third kappa shape index (κ3) is 4.43. The second-order valence-electron chi connectivity index (χ2n) is 8.58. The molecule has 2 heterocycles. The van der Waals surface area contributed by atoms with Crippen molar-refractivity contribution in [1.82, 2.24) is 4.98 Å². The van der Waals surface area contributed by atoms with E-state index < -0.39 is 23.5 Å². The number of phenolic OH excluding ortho intramolecular Hbond substituents is 1. The van der Waals surface area contributed by atoms with Gasteiger partial charge in [-0.3, -0.25) is 14.5 Å². The lowest BCUT2D eigenvalue weighted by Gasteiger charge is -2.23. The molecule has 3 aromatic carbocycles. The SMILES string of the molecule is CCCOc1ccc(C(O)=C2C(=O)C(=O)N(c3nc4ccc(F)cc4s3)C2c2ccc(O)c(OC)c2)cc1. The van der Waals surface area contributed by atoms with Gasteiger partial charge in [-0.1, -0.05) is 24.3 Å². The molecule has 1 atom stereocenters. The number of aliphatic hydroxyl groups excluding tert-OH is 1. The number of hydrogen-bond acceptors (Lipinski definition) is 8. The van der Waals surface area contributed by atoms with Gasteiger partial charge in [0.1, 0.15) is 17.3 Å². The van der Waals surface area contributed by atoms with Crippen LogP contribution >= 0.6 is 11.3 Å². The monoisotopic (exact) mass is 534 g/mol. The lowest BCUT2D eigenvalue weighted by atomic mass is 9.95. The zero-order chi connectivity index (χ0) is 27.0. The van der Waals surface area contributed by atoms with Crippen molar-refractivity contribution < 1.29 is 33.7 Å². The topological polar surface area (TPSA) is 109 Å². The number of benzene rings is 3. The number of amides is 1. The molecular weight excluding hydrogens is 511 g/mol. The number of nitrogens with zero attached hydrogens (tertiary/aromatic N) is 2. The van der Waals surface area contributed by atoms with E-state index in [1.807, 2.05) is 6.92 Å². The van der Waals surface area contributed by atoms with Crippen molar-refractivity contribution in [2.75, 3.05) is 18.6 Å². The highest BCUT2D eigenvalue weighted by atomic mass is 32.1. The summed E-state index contributed by atoms with van der Waals surface area (Å²) < 4.78 is 25.2.